The van der Waals surface area contributed by atoms with Gasteiger partial charge in [-0.2, -0.15) is 13.2 Å². The molecule has 0 fully saturated rings. The van der Waals surface area contributed by atoms with E-state index in [4.69, 9.17) is 16.3 Å². The molecule has 0 aliphatic heterocycles. The highest BCUT2D eigenvalue weighted by molar-refractivity contribution is 6.31. The highest BCUT2D eigenvalue weighted by Gasteiger charge is 2.33. The number of hydrogen-bond acceptors (Lipinski definition) is 5. The molecule has 1 heterocycles. The SMILES string of the molecule is COC(=O)c1ccc(Oc2ccc(NC(=O)Nc3ccc(Cl)c(C(F)(F)F)c3)cc2)nc1. The predicted octanol–water partition coefficient (Wildman–Crippen LogP) is 5.98. The molecule has 7 nitrogen and oxygen atoms in total. The number of amides is 2. The van der Waals surface area contributed by atoms with Crippen LogP contribution in [0.1, 0.15) is 15.9 Å². The standard InChI is InChI=1S/C21H15ClF3N3O4/c1-31-19(29)12-2-9-18(26-11-12)32-15-6-3-13(4-7-15)27-20(30)28-14-5-8-17(22)16(10-14)21(23,24)25/h2-11H,1H3,(H2,27,28,30). The molecule has 11 heteroatoms. The van der Waals surface area contributed by atoms with Crippen molar-refractivity contribution in [3.05, 3.63) is 76.9 Å². The monoisotopic (exact) mass is 465 g/mol. The summed E-state index contributed by atoms with van der Waals surface area (Å²) < 4.78 is 48.9. The number of anilines is 2. The fourth-order valence-electron chi connectivity index (χ4n) is 2.52. The summed E-state index contributed by atoms with van der Waals surface area (Å²) in [6.45, 7) is 0. The molecule has 0 saturated carbocycles. The van der Waals surface area contributed by atoms with Gasteiger partial charge in [0.05, 0.1) is 23.3 Å². The number of nitrogens with one attached hydrogen (secondary N) is 2. The molecule has 3 rings (SSSR count). The van der Waals surface area contributed by atoms with E-state index in [-0.39, 0.29) is 17.1 Å². The van der Waals surface area contributed by atoms with Gasteiger partial charge >= 0.3 is 18.2 Å². The number of rotatable bonds is 5. The molecule has 0 spiro atoms. The third kappa shape index (κ3) is 5.88. The van der Waals surface area contributed by atoms with Crippen LogP contribution in [0, 0.1) is 0 Å². The summed E-state index contributed by atoms with van der Waals surface area (Å²) in [5.41, 5.74) is -0.477. The first kappa shape index (κ1) is 22.9. The number of nitrogens with zero attached hydrogens (tertiary/aromatic N) is 1. The number of hydrogen-bond donors (Lipinski definition) is 2. The Morgan fingerprint density at radius 1 is 0.969 bits per heavy atom. The van der Waals surface area contributed by atoms with Gasteiger partial charge in [-0.3, -0.25) is 0 Å². The maximum Gasteiger partial charge on any atom is 0.417 e. The third-order valence-corrected chi connectivity index (χ3v) is 4.35. The number of pyridine rings is 1. The molecule has 32 heavy (non-hydrogen) atoms. The van der Waals surface area contributed by atoms with Crippen LogP contribution in [-0.2, 0) is 10.9 Å². The number of alkyl halides is 3. The number of esters is 1. The fraction of sp³-hybridized carbons (Fsp3) is 0.0952. The molecule has 0 bridgehead atoms. The molecule has 0 saturated heterocycles. The van der Waals surface area contributed by atoms with Crippen LogP contribution in [-0.4, -0.2) is 24.1 Å². The van der Waals surface area contributed by atoms with Crippen molar-refractivity contribution in [3.8, 4) is 11.6 Å². The minimum absolute atomic E-state index is 0.0688. The summed E-state index contributed by atoms with van der Waals surface area (Å²) in [5, 5.41) is 4.35. The second kappa shape index (κ2) is 9.56. The number of halogens is 4. The molecule has 166 valence electrons. The van der Waals surface area contributed by atoms with Crippen molar-refractivity contribution in [1.82, 2.24) is 4.98 Å². The number of urea groups is 1. The predicted molar refractivity (Wildman–Crippen MR) is 111 cm³/mol. The Morgan fingerprint density at radius 2 is 1.62 bits per heavy atom. The molecule has 0 aliphatic rings. The zero-order valence-electron chi connectivity index (χ0n) is 16.4. The van der Waals surface area contributed by atoms with Gasteiger partial charge in [-0.1, -0.05) is 11.6 Å². The smallest absolute Gasteiger partial charge is 0.417 e. The van der Waals surface area contributed by atoms with Crippen LogP contribution in [0.25, 0.3) is 0 Å². The van der Waals surface area contributed by atoms with Gasteiger partial charge in [0.1, 0.15) is 5.75 Å². The van der Waals surface area contributed by atoms with Crippen LogP contribution in [0.15, 0.2) is 60.8 Å². The second-order valence-electron chi connectivity index (χ2n) is 6.27. The summed E-state index contributed by atoms with van der Waals surface area (Å²) in [6, 6.07) is 11.5. The van der Waals surface area contributed by atoms with Crippen LogP contribution in [0.5, 0.6) is 11.6 Å². The van der Waals surface area contributed by atoms with Gasteiger partial charge in [0.25, 0.3) is 0 Å². The van der Waals surface area contributed by atoms with Crippen LogP contribution in [0.4, 0.5) is 29.3 Å². The fourth-order valence-corrected chi connectivity index (χ4v) is 2.74. The van der Waals surface area contributed by atoms with Crippen molar-refractivity contribution >= 4 is 35.0 Å². The first-order valence-electron chi connectivity index (χ1n) is 8.93. The first-order valence-corrected chi connectivity index (χ1v) is 9.30. The number of ether oxygens (including phenoxy) is 2. The highest BCUT2D eigenvalue weighted by atomic mass is 35.5. The minimum Gasteiger partial charge on any atom is -0.465 e. The molecular weight excluding hydrogens is 451 g/mol. The van der Waals surface area contributed by atoms with Crippen molar-refractivity contribution in [3.63, 3.8) is 0 Å². The molecule has 3 aromatic rings. The lowest BCUT2D eigenvalue weighted by Gasteiger charge is -2.12. The lowest BCUT2D eigenvalue weighted by Crippen LogP contribution is -2.19. The van der Waals surface area contributed by atoms with Crippen molar-refractivity contribution < 1.29 is 32.2 Å². The van der Waals surface area contributed by atoms with Crippen LogP contribution in [0.3, 0.4) is 0 Å². The Kier molecular flexibility index (Phi) is 6.84. The minimum atomic E-state index is -4.64. The number of benzene rings is 2. The van der Waals surface area contributed by atoms with Gasteiger partial charge in [0.15, 0.2) is 0 Å². The van der Waals surface area contributed by atoms with E-state index >= 15 is 0 Å². The Balaban J connectivity index is 1.60. The topological polar surface area (TPSA) is 89.5 Å². The summed E-state index contributed by atoms with van der Waals surface area (Å²) in [4.78, 5) is 27.5. The Bertz CT molecular complexity index is 1120. The van der Waals surface area contributed by atoms with Crippen molar-refractivity contribution in [2.45, 2.75) is 6.18 Å². The number of methoxy groups -OCH3 is 1. The average Bonchev–Trinajstić information content (AvgIpc) is 2.75. The van der Waals surface area contributed by atoms with E-state index in [0.717, 1.165) is 12.1 Å². The Morgan fingerprint density at radius 3 is 2.22 bits per heavy atom. The van der Waals surface area contributed by atoms with E-state index in [1.54, 1.807) is 12.1 Å². The molecule has 0 aliphatic carbocycles. The summed E-state index contributed by atoms with van der Waals surface area (Å²) in [6.07, 6.45) is -3.34. The average molecular weight is 466 g/mol. The van der Waals surface area contributed by atoms with Gasteiger partial charge in [0, 0.05) is 23.6 Å². The van der Waals surface area contributed by atoms with Crippen LogP contribution in [0.2, 0.25) is 5.02 Å². The lowest BCUT2D eigenvalue weighted by molar-refractivity contribution is -0.137. The molecular formula is C21H15ClF3N3O4. The van der Waals surface area contributed by atoms with E-state index in [9.17, 15) is 22.8 Å². The molecule has 0 radical (unpaired) electrons. The third-order valence-electron chi connectivity index (χ3n) is 4.02. The van der Waals surface area contributed by atoms with Crippen molar-refractivity contribution in [2.24, 2.45) is 0 Å². The molecule has 0 atom stereocenters. The summed E-state index contributed by atoms with van der Waals surface area (Å²) in [7, 11) is 1.26. The van der Waals surface area contributed by atoms with Gasteiger partial charge in [0.2, 0.25) is 5.88 Å². The van der Waals surface area contributed by atoms with Gasteiger partial charge in [-0.05, 0) is 48.5 Å². The van der Waals surface area contributed by atoms with E-state index in [1.807, 2.05) is 0 Å². The summed E-state index contributed by atoms with van der Waals surface area (Å²) in [5.74, 6) is 0.118. The summed E-state index contributed by atoms with van der Waals surface area (Å²) >= 11 is 5.56. The Hall–Kier alpha value is -3.79. The van der Waals surface area contributed by atoms with E-state index in [2.05, 4.69) is 20.4 Å². The maximum atomic E-state index is 12.9. The van der Waals surface area contributed by atoms with Gasteiger partial charge in [-0.15, -0.1) is 0 Å². The molecule has 2 N–H and O–H groups in total. The largest absolute Gasteiger partial charge is 0.465 e. The molecule has 2 aromatic carbocycles. The maximum absolute atomic E-state index is 12.9. The van der Waals surface area contributed by atoms with Gasteiger partial charge in [-0.25, -0.2) is 14.6 Å². The van der Waals surface area contributed by atoms with E-state index in [1.165, 1.54) is 43.6 Å². The van der Waals surface area contributed by atoms with Crippen LogP contribution >= 0.6 is 11.6 Å². The van der Waals surface area contributed by atoms with E-state index < -0.39 is 28.8 Å². The van der Waals surface area contributed by atoms with E-state index in [0.29, 0.717) is 11.4 Å². The number of aromatic nitrogens is 1. The second-order valence-corrected chi connectivity index (χ2v) is 6.68. The van der Waals surface area contributed by atoms with Crippen LogP contribution < -0.4 is 15.4 Å². The molecule has 0 unspecified atom stereocenters. The van der Waals surface area contributed by atoms with Crippen molar-refractivity contribution in [1.29, 1.82) is 0 Å². The highest BCUT2D eigenvalue weighted by Crippen LogP contribution is 2.36. The Labute approximate surface area is 185 Å². The molecule has 2 amide bonds. The normalized spacial score (nSPS) is 10.9. The van der Waals surface area contributed by atoms with Gasteiger partial charge < -0.3 is 20.1 Å². The zero-order valence-corrected chi connectivity index (χ0v) is 17.1. The van der Waals surface area contributed by atoms with Crippen molar-refractivity contribution in [2.75, 3.05) is 17.7 Å². The number of carbonyl (C=O) groups excluding carboxylic acids is 2. The lowest BCUT2D eigenvalue weighted by atomic mass is 10.2. The zero-order chi connectivity index (χ0) is 23.3. The number of carbonyl (C=O) groups is 2. The molecule has 1 aromatic heterocycles. The first-order chi connectivity index (χ1) is 15.2. The quantitative estimate of drug-likeness (QED) is 0.453.